The van der Waals surface area contributed by atoms with Crippen molar-refractivity contribution in [2.75, 3.05) is 39.0 Å². The lowest BCUT2D eigenvalue weighted by molar-refractivity contribution is -0.146. The number of amides is 1. The predicted molar refractivity (Wildman–Crippen MR) is 95.0 cm³/mol. The van der Waals surface area contributed by atoms with E-state index in [1.165, 1.54) is 6.42 Å². The molecule has 0 unspecified atom stereocenters. The van der Waals surface area contributed by atoms with Gasteiger partial charge in [0.2, 0.25) is 5.91 Å². The molecule has 0 aromatic carbocycles. The Balaban J connectivity index is 1.63. The summed E-state index contributed by atoms with van der Waals surface area (Å²) in [5.41, 5.74) is 0.715. The van der Waals surface area contributed by atoms with Crippen LogP contribution in [0.3, 0.4) is 0 Å². The zero-order valence-electron chi connectivity index (χ0n) is 15.1. The molecule has 0 radical (unpaired) electrons. The summed E-state index contributed by atoms with van der Waals surface area (Å²) in [5.74, 6) is 1.51. The van der Waals surface area contributed by atoms with Crippen molar-refractivity contribution in [3.05, 3.63) is 18.1 Å². The molecule has 0 bridgehead atoms. The summed E-state index contributed by atoms with van der Waals surface area (Å²) >= 11 is 0. The van der Waals surface area contributed by atoms with Gasteiger partial charge in [-0.3, -0.25) is 14.7 Å². The van der Waals surface area contributed by atoms with E-state index in [1.807, 2.05) is 13.2 Å². The van der Waals surface area contributed by atoms with E-state index in [2.05, 4.69) is 39.1 Å². The second kappa shape index (κ2) is 7.05. The number of rotatable bonds is 3. The number of hydrogen-bond donors (Lipinski definition) is 1. The normalized spacial score (nSPS) is 26.4. The lowest BCUT2D eigenvalue weighted by atomic mass is 9.86. The van der Waals surface area contributed by atoms with Gasteiger partial charge < -0.3 is 10.2 Å². The molecule has 2 saturated heterocycles. The molecule has 1 aromatic heterocycles. The minimum Gasteiger partial charge on any atom is -0.372 e. The second-order valence-corrected chi connectivity index (χ2v) is 7.30. The molecule has 2 fully saturated rings. The first-order chi connectivity index (χ1) is 11.5. The average molecular weight is 331 g/mol. The van der Waals surface area contributed by atoms with Crippen molar-refractivity contribution in [3.63, 3.8) is 0 Å². The first-order valence-corrected chi connectivity index (χ1v) is 9.05. The van der Waals surface area contributed by atoms with Crippen LogP contribution < -0.4 is 5.32 Å². The average Bonchev–Trinajstić information content (AvgIpc) is 2.64. The quantitative estimate of drug-likeness (QED) is 0.919. The fourth-order valence-corrected chi connectivity index (χ4v) is 3.94. The highest BCUT2D eigenvalue weighted by Gasteiger charge is 2.42. The standard InChI is InChI=1S/C18H29N5O/c1-18(8-4-5-9-22(18)3)17(24)23-10-6-14(7-11-23)15-12-20-13-16(19-2)21-15/h12-14H,4-11H2,1-3H3,(H,19,21)/t18-/m0/s1. The maximum absolute atomic E-state index is 13.1. The Morgan fingerprint density at radius 3 is 2.67 bits per heavy atom. The third-order valence-corrected chi connectivity index (χ3v) is 5.82. The Bertz CT molecular complexity index is 585. The summed E-state index contributed by atoms with van der Waals surface area (Å²) in [6, 6.07) is 0. The van der Waals surface area contributed by atoms with Gasteiger partial charge in [0.05, 0.1) is 17.4 Å². The molecular formula is C18H29N5O. The first kappa shape index (κ1) is 17.1. The topological polar surface area (TPSA) is 61.4 Å². The number of likely N-dealkylation sites (tertiary alicyclic amines) is 2. The Kier molecular flexibility index (Phi) is 5.04. The summed E-state index contributed by atoms with van der Waals surface area (Å²) in [6.07, 6.45) is 8.84. The van der Waals surface area contributed by atoms with Gasteiger partial charge in [-0.2, -0.15) is 0 Å². The number of carbonyl (C=O) groups excluding carboxylic acids is 1. The number of carbonyl (C=O) groups is 1. The molecule has 0 saturated carbocycles. The Labute approximate surface area is 144 Å². The van der Waals surface area contributed by atoms with Crippen molar-refractivity contribution in [2.24, 2.45) is 0 Å². The van der Waals surface area contributed by atoms with Crippen molar-refractivity contribution >= 4 is 11.7 Å². The highest BCUT2D eigenvalue weighted by atomic mass is 16.2. The monoisotopic (exact) mass is 331 g/mol. The number of nitrogens with zero attached hydrogens (tertiary/aromatic N) is 4. The number of hydrogen-bond acceptors (Lipinski definition) is 5. The molecule has 1 atom stereocenters. The smallest absolute Gasteiger partial charge is 0.242 e. The van der Waals surface area contributed by atoms with Gasteiger partial charge in [-0.25, -0.2) is 4.98 Å². The first-order valence-electron chi connectivity index (χ1n) is 9.05. The fourth-order valence-electron chi connectivity index (χ4n) is 3.94. The van der Waals surface area contributed by atoms with Crippen molar-refractivity contribution in [1.82, 2.24) is 19.8 Å². The van der Waals surface area contributed by atoms with Gasteiger partial charge in [-0.1, -0.05) is 0 Å². The summed E-state index contributed by atoms with van der Waals surface area (Å²) in [6.45, 7) is 4.77. The maximum atomic E-state index is 13.1. The van der Waals surface area contributed by atoms with Crippen molar-refractivity contribution in [1.29, 1.82) is 0 Å². The number of piperidine rings is 2. The van der Waals surface area contributed by atoms with E-state index in [-0.39, 0.29) is 5.54 Å². The van der Waals surface area contributed by atoms with E-state index in [0.717, 1.165) is 56.8 Å². The minimum atomic E-state index is -0.322. The van der Waals surface area contributed by atoms with Gasteiger partial charge in [0, 0.05) is 32.3 Å². The Hall–Kier alpha value is -1.69. The maximum Gasteiger partial charge on any atom is 0.242 e. The number of aromatic nitrogens is 2. The van der Waals surface area contributed by atoms with Crippen LogP contribution in [0.1, 0.15) is 50.6 Å². The molecule has 0 aliphatic carbocycles. The largest absolute Gasteiger partial charge is 0.372 e. The SMILES string of the molecule is CNc1cncc(C2CCN(C(=O)[C@]3(C)CCCCN3C)CC2)n1. The molecular weight excluding hydrogens is 302 g/mol. The lowest BCUT2D eigenvalue weighted by Crippen LogP contribution is -2.59. The van der Waals surface area contributed by atoms with E-state index in [9.17, 15) is 4.79 Å². The molecule has 3 rings (SSSR count). The predicted octanol–water partition coefficient (Wildman–Crippen LogP) is 2.10. The molecule has 2 aliphatic heterocycles. The number of nitrogens with one attached hydrogen (secondary N) is 1. The molecule has 1 amide bonds. The Morgan fingerprint density at radius 2 is 2.00 bits per heavy atom. The molecule has 2 aliphatic rings. The van der Waals surface area contributed by atoms with E-state index >= 15 is 0 Å². The van der Waals surface area contributed by atoms with Crippen LogP contribution in [0.2, 0.25) is 0 Å². The zero-order valence-corrected chi connectivity index (χ0v) is 15.1. The van der Waals surface area contributed by atoms with Crippen LogP contribution in [-0.4, -0.2) is 64.9 Å². The van der Waals surface area contributed by atoms with Gasteiger partial charge in [0.1, 0.15) is 5.82 Å². The molecule has 1 aromatic rings. The zero-order chi connectivity index (χ0) is 17.2. The third-order valence-electron chi connectivity index (χ3n) is 5.82. The summed E-state index contributed by atoms with van der Waals surface area (Å²) in [5, 5.41) is 3.04. The van der Waals surface area contributed by atoms with Gasteiger partial charge in [0.15, 0.2) is 0 Å². The number of likely N-dealkylation sites (N-methyl/N-ethyl adjacent to an activating group) is 1. The van der Waals surface area contributed by atoms with Gasteiger partial charge in [-0.15, -0.1) is 0 Å². The minimum absolute atomic E-state index is 0.304. The molecule has 24 heavy (non-hydrogen) atoms. The molecule has 6 nitrogen and oxygen atoms in total. The highest BCUT2D eigenvalue weighted by molar-refractivity contribution is 5.86. The van der Waals surface area contributed by atoms with Gasteiger partial charge >= 0.3 is 0 Å². The third kappa shape index (κ3) is 3.24. The summed E-state index contributed by atoms with van der Waals surface area (Å²) in [7, 11) is 3.94. The van der Waals surface area contributed by atoms with Crippen LogP contribution >= 0.6 is 0 Å². The summed E-state index contributed by atoms with van der Waals surface area (Å²) in [4.78, 5) is 26.3. The Morgan fingerprint density at radius 1 is 1.25 bits per heavy atom. The fraction of sp³-hybridized carbons (Fsp3) is 0.722. The van der Waals surface area contributed by atoms with Crippen LogP contribution in [0.25, 0.3) is 0 Å². The highest BCUT2D eigenvalue weighted by Crippen LogP contribution is 2.32. The van der Waals surface area contributed by atoms with Crippen LogP contribution in [0.5, 0.6) is 0 Å². The molecule has 132 valence electrons. The molecule has 0 spiro atoms. The van der Waals surface area contributed by atoms with E-state index in [4.69, 9.17) is 0 Å². The van der Waals surface area contributed by atoms with Gasteiger partial charge in [0.25, 0.3) is 0 Å². The summed E-state index contributed by atoms with van der Waals surface area (Å²) < 4.78 is 0. The van der Waals surface area contributed by atoms with Crippen molar-refractivity contribution < 1.29 is 4.79 Å². The van der Waals surface area contributed by atoms with E-state index < -0.39 is 0 Å². The van der Waals surface area contributed by atoms with Crippen molar-refractivity contribution in [3.8, 4) is 0 Å². The van der Waals surface area contributed by atoms with Crippen molar-refractivity contribution in [2.45, 2.75) is 50.5 Å². The molecule has 1 N–H and O–H groups in total. The van der Waals surface area contributed by atoms with Crippen LogP contribution in [0, 0.1) is 0 Å². The van der Waals surface area contributed by atoms with Crippen LogP contribution in [-0.2, 0) is 4.79 Å². The van der Waals surface area contributed by atoms with Crippen LogP contribution in [0.4, 0.5) is 5.82 Å². The number of anilines is 1. The molecule has 6 heteroatoms. The lowest BCUT2D eigenvalue weighted by Gasteiger charge is -2.45. The second-order valence-electron chi connectivity index (χ2n) is 7.30. The molecule has 3 heterocycles. The van der Waals surface area contributed by atoms with Gasteiger partial charge in [-0.05, 0) is 52.6 Å². The van der Waals surface area contributed by atoms with Crippen LogP contribution in [0.15, 0.2) is 12.4 Å². The van der Waals surface area contributed by atoms with E-state index in [0.29, 0.717) is 11.8 Å². The van der Waals surface area contributed by atoms with E-state index in [1.54, 1.807) is 6.20 Å².